The van der Waals surface area contributed by atoms with E-state index in [4.69, 9.17) is 0 Å². The molecule has 2 rings (SSSR count). The highest BCUT2D eigenvalue weighted by Gasteiger charge is 2.24. The standard InChI is InChI=1S/C13H17NO/c1-3-14-9-10(2)12-5-4-11(6-7-15)8-13(12)14/h4-5,7-8,10H,3,6,9H2,1-2H3. The van der Waals surface area contributed by atoms with E-state index in [-0.39, 0.29) is 0 Å². The highest BCUT2D eigenvalue weighted by molar-refractivity contribution is 5.64. The van der Waals surface area contributed by atoms with Crippen molar-refractivity contribution in [3.05, 3.63) is 29.3 Å². The van der Waals surface area contributed by atoms with Crippen LogP contribution >= 0.6 is 0 Å². The van der Waals surface area contributed by atoms with Crippen LogP contribution in [0.4, 0.5) is 5.69 Å². The van der Waals surface area contributed by atoms with E-state index in [2.05, 4.69) is 36.9 Å². The third kappa shape index (κ3) is 1.76. The second kappa shape index (κ2) is 4.05. The largest absolute Gasteiger partial charge is 0.371 e. The zero-order valence-electron chi connectivity index (χ0n) is 9.36. The van der Waals surface area contributed by atoms with Gasteiger partial charge < -0.3 is 9.69 Å². The van der Waals surface area contributed by atoms with Gasteiger partial charge in [0.1, 0.15) is 6.29 Å². The molecule has 0 aromatic heterocycles. The summed E-state index contributed by atoms with van der Waals surface area (Å²) in [5.41, 5.74) is 3.87. The van der Waals surface area contributed by atoms with Gasteiger partial charge in [0.05, 0.1) is 0 Å². The lowest BCUT2D eigenvalue weighted by Gasteiger charge is -2.17. The summed E-state index contributed by atoms with van der Waals surface area (Å²) in [6.07, 6.45) is 1.50. The van der Waals surface area contributed by atoms with Gasteiger partial charge in [-0.1, -0.05) is 19.1 Å². The van der Waals surface area contributed by atoms with Crippen molar-refractivity contribution in [3.63, 3.8) is 0 Å². The molecule has 0 N–H and O–H groups in total. The Kier molecular flexibility index (Phi) is 2.76. The quantitative estimate of drug-likeness (QED) is 0.703. The zero-order chi connectivity index (χ0) is 10.8. The number of benzene rings is 1. The molecule has 1 aliphatic rings. The van der Waals surface area contributed by atoms with Crippen LogP contribution < -0.4 is 4.90 Å². The summed E-state index contributed by atoms with van der Waals surface area (Å²) in [5, 5.41) is 0. The van der Waals surface area contributed by atoms with Crippen molar-refractivity contribution in [2.24, 2.45) is 0 Å². The first kappa shape index (κ1) is 10.2. The van der Waals surface area contributed by atoms with Crippen molar-refractivity contribution in [1.82, 2.24) is 0 Å². The summed E-state index contributed by atoms with van der Waals surface area (Å²) < 4.78 is 0. The van der Waals surface area contributed by atoms with Crippen LogP contribution in [0.3, 0.4) is 0 Å². The van der Waals surface area contributed by atoms with Crippen LogP contribution in [0.5, 0.6) is 0 Å². The highest BCUT2D eigenvalue weighted by Crippen LogP contribution is 2.36. The average molecular weight is 203 g/mol. The molecule has 1 atom stereocenters. The van der Waals surface area contributed by atoms with Gasteiger partial charge in [0.2, 0.25) is 0 Å². The van der Waals surface area contributed by atoms with E-state index in [1.807, 2.05) is 0 Å². The number of anilines is 1. The minimum absolute atomic E-state index is 0.527. The van der Waals surface area contributed by atoms with Crippen LogP contribution in [0.2, 0.25) is 0 Å². The summed E-state index contributed by atoms with van der Waals surface area (Å²) in [6, 6.07) is 6.41. The van der Waals surface area contributed by atoms with Gasteiger partial charge in [-0.2, -0.15) is 0 Å². The molecule has 0 fully saturated rings. The maximum atomic E-state index is 10.5. The van der Waals surface area contributed by atoms with Crippen LogP contribution in [0.15, 0.2) is 18.2 Å². The van der Waals surface area contributed by atoms with E-state index in [9.17, 15) is 4.79 Å². The molecular weight excluding hydrogens is 186 g/mol. The van der Waals surface area contributed by atoms with Crippen LogP contribution in [0.25, 0.3) is 0 Å². The number of likely N-dealkylation sites (N-methyl/N-ethyl adjacent to an activating group) is 1. The lowest BCUT2D eigenvalue weighted by Crippen LogP contribution is -2.20. The molecule has 1 unspecified atom stereocenters. The van der Waals surface area contributed by atoms with E-state index >= 15 is 0 Å². The predicted molar refractivity (Wildman–Crippen MR) is 62.5 cm³/mol. The van der Waals surface area contributed by atoms with Crippen molar-refractivity contribution in [1.29, 1.82) is 0 Å². The minimum Gasteiger partial charge on any atom is -0.371 e. The molecule has 80 valence electrons. The fourth-order valence-electron chi connectivity index (χ4n) is 2.33. The molecule has 0 radical (unpaired) electrons. The second-order valence-corrected chi connectivity index (χ2v) is 4.20. The Labute approximate surface area is 90.9 Å². The van der Waals surface area contributed by atoms with Crippen molar-refractivity contribution >= 4 is 12.0 Å². The van der Waals surface area contributed by atoms with Crippen LogP contribution in [0, 0.1) is 0 Å². The lowest BCUT2D eigenvalue weighted by molar-refractivity contribution is -0.107. The Balaban J connectivity index is 2.37. The Morgan fingerprint density at radius 1 is 1.53 bits per heavy atom. The molecule has 1 heterocycles. The van der Waals surface area contributed by atoms with Gasteiger partial charge in [0.25, 0.3) is 0 Å². The molecule has 0 amide bonds. The molecule has 2 heteroatoms. The monoisotopic (exact) mass is 203 g/mol. The normalized spacial score (nSPS) is 19.1. The first-order valence-corrected chi connectivity index (χ1v) is 5.57. The number of carbonyl (C=O) groups excluding carboxylic acids is 1. The Morgan fingerprint density at radius 2 is 2.33 bits per heavy atom. The summed E-state index contributed by atoms with van der Waals surface area (Å²) in [6.45, 7) is 6.58. The van der Waals surface area contributed by atoms with Crippen LogP contribution in [-0.4, -0.2) is 19.4 Å². The molecular formula is C13H17NO. The number of hydrogen-bond donors (Lipinski definition) is 0. The van der Waals surface area contributed by atoms with Gasteiger partial charge >= 0.3 is 0 Å². The fourth-order valence-corrected chi connectivity index (χ4v) is 2.33. The second-order valence-electron chi connectivity index (χ2n) is 4.20. The van der Waals surface area contributed by atoms with Crippen molar-refractivity contribution in [3.8, 4) is 0 Å². The molecule has 15 heavy (non-hydrogen) atoms. The average Bonchev–Trinajstić information content (AvgIpc) is 2.56. The third-order valence-corrected chi connectivity index (χ3v) is 3.16. The van der Waals surface area contributed by atoms with E-state index in [0.717, 1.165) is 24.9 Å². The molecule has 1 aliphatic heterocycles. The molecule has 2 nitrogen and oxygen atoms in total. The molecule has 0 spiro atoms. The van der Waals surface area contributed by atoms with Gasteiger partial charge in [-0.25, -0.2) is 0 Å². The number of fused-ring (bicyclic) bond motifs is 1. The number of carbonyl (C=O) groups is 1. The minimum atomic E-state index is 0.527. The number of rotatable bonds is 3. The van der Waals surface area contributed by atoms with Gasteiger partial charge in [0, 0.05) is 31.1 Å². The van der Waals surface area contributed by atoms with E-state index in [1.54, 1.807) is 0 Å². The van der Waals surface area contributed by atoms with Gasteiger partial charge in [-0.05, 0) is 24.1 Å². The maximum Gasteiger partial charge on any atom is 0.124 e. The van der Waals surface area contributed by atoms with Crippen molar-refractivity contribution in [2.75, 3.05) is 18.0 Å². The number of hydrogen-bond acceptors (Lipinski definition) is 2. The zero-order valence-corrected chi connectivity index (χ0v) is 9.36. The Bertz CT molecular complexity index is 373. The van der Waals surface area contributed by atoms with Gasteiger partial charge in [0.15, 0.2) is 0 Å². The molecule has 0 aliphatic carbocycles. The van der Waals surface area contributed by atoms with Gasteiger partial charge in [-0.3, -0.25) is 0 Å². The smallest absolute Gasteiger partial charge is 0.124 e. The van der Waals surface area contributed by atoms with Crippen LogP contribution in [-0.2, 0) is 11.2 Å². The Hall–Kier alpha value is -1.31. The highest BCUT2D eigenvalue weighted by atomic mass is 16.1. The summed E-state index contributed by atoms with van der Waals surface area (Å²) in [7, 11) is 0. The van der Waals surface area contributed by atoms with E-state index in [0.29, 0.717) is 12.3 Å². The summed E-state index contributed by atoms with van der Waals surface area (Å²) in [4.78, 5) is 12.9. The SMILES string of the molecule is CCN1CC(C)c2ccc(CC=O)cc21. The third-order valence-electron chi connectivity index (χ3n) is 3.16. The van der Waals surface area contributed by atoms with E-state index < -0.39 is 0 Å². The molecule has 0 saturated carbocycles. The fraction of sp³-hybridized carbons (Fsp3) is 0.462. The van der Waals surface area contributed by atoms with Gasteiger partial charge in [-0.15, -0.1) is 0 Å². The first-order valence-electron chi connectivity index (χ1n) is 5.57. The number of aldehydes is 1. The van der Waals surface area contributed by atoms with E-state index in [1.165, 1.54) is 11.3 Å². The van der Waals surface area contributed by atoms with Crippen molar-refractivity contribution in [2.45, 2.75) is 26.2 Å². The summed E-state index contributed by atoms with van der Waals surface area (Å²) in [5.74, 6) is 0.616. The summed E-state index contributed by atoms with van der Waals surface area (Å²) >= 11 is 0. The topological polar surface area (TPSA) is 20.3 Å². The van der Waals surface area contributed by atoms with Crippen LogP contribution in [0.1, 0.15) is 30.9 Å². The Morgan fingerprint density at radius 3 is 3.00 bits per heavy atom. The maximum absolute atomic E-state index is 10.5. The molecule has 0 saturated heterocycles. The predicted octanol–water partition coefficient (Wildman–Crippen LogP) is 2.37. The molecule has 0 bridgehead atoms. The van der Waals surface area contributed by atoms with Crippen molar-refractivity contribution < 1.29 is 4.79 Å². The first-order chi connectivity index (χ1) is 7.26. The number of nitrogens with zero attached hydrogens (tertiary/aromatic N) is 1. The molecule has 1 aromatic carbocycles. The molecule has 1 aromatic rings. The lowest BCUT2D eigenvalue weighted by atomic mass is 10.0.